The van der Waals surface area contributed by atoms with Crippen molar-refractivity contribution in [2.24, 2.45) is 5.92 Å². The van der Waals surface area contributed by atoms with Crippen LogP contribution in [0, 0.1) is 5.92 Å². The third-order valence-corrected chi connectivity index (χ3v) is 3.85. The van der Waals surface area contributed by atoms with E-state index in [1.807, 2.05) is 11.7 Å². The Morgan fingerprint density at radius 2 is 2.50 bits per heavy atom. The van der Waals surface area contributed by atoms with E-state index in [9.17, 15) is 0 Å². The fourth-order valence-corrected chi connectivity index (χ4v) is 2.74. The molecule has 0 amide bonds. The number of rotatable bonds is 5. The van der Waals surface area contributed by atoms with Crippen LogP contribution >= 0.6 is 11.3 Å². The van der Waals surface area contributed by atoms with Crippen LogP contribution in [0.3, 0.4) is 0 Å². The topological polar surface area (TPSA) is 24.9 Å². The van der Waals surface area contributed by atoms with Crippen LogP contribution in [-0.2, 0) is 0 Å². The molecule has 0 saturated heterocycles. The van der Waals surface area contributed by atoms with Gasteiger partial charge in [-0.15, -0.1) is 11.3 Å². The second-order valence-corrected chi connectivity index (χ2v) is 4.94. The highest BCUT2D eigenvalue weighted by molar-refractivity contribution is 7.09. The molecule has 0 aliphatic heterocycles. The van der Waals surface area contributed by atoms with E-state index in [1.165, 1.54) is 30.6 Å². The number of thiazole rings is 1. The van der Waals surface area contributed by atoms with E-state index < -0.39 is 0 Å². The van der Waals surface area contributed by atoms with Gasteiger partial charge in [0.1, 0.15) is 0 Å². The largest absolute Gasteiger partial charge is 0.309 e. The van der Waals surface area contributed by atoms with E-state index in [4.69, 9.17) is 0 Å². The van der Waals surface area contributed by atoms with Gasteiger partial charge in [0, 0.05) is 17.1 Å². The summed E-state index contributed by atoms with van der Waals surface area (Å²) in [7, 11) is 0. The van der Waals surface area contributed by atoms with Crippen LogP contribution in [0.4, 0.5) is 0 Å². The maximum atomic E-state index is 4.17. The Bertz CT molecular complexity index is 254. The molecule has 1 fully saturated rings. The summed E-state index contributed by atoms with van der Waals surface area (Å²) in [4.78, 5) is 5.59. The second kappa shape index (κ2) is 4.89. The molecule has 2 nitrogen and oxygen atoms in total. The van der Waals surface area contributed by atoms with Gasteiger partial charge in [0.2, 0.25) is 0 Å². The number of hydrogen-bond acceptors (Lipinski definition) is 3. The monoisotopic (exact) mass is 210 g/mol. The zero-order chi connectivity index (χ0) is 9.80. The fraction of sp³-hybridized carbons (Fsp3) is 0.727. The molecule has 1 aromatic rings. The molecule has 14 heavy (non-hydrogen) atoms. The van der Waals surface area contributed by atoms with Crippen molar-refractivity contribution in [1.29, 1.82) is 0 Å². The average molecular weight is 210 g/mol. The van der Waals surface area contributed by atoms with Crippen molar-refractivity contribution in [2.75, 3.05) is 6.54 Å². The van der Waals surface area contributed by atoms with Crippen LogP contribution in [0.5, 0.6) is 0 Å². The zero-order valence-corrected chi connectivity index (χ0v) is 9.52. The Morgan fingerprint density at radius 1 is 1.64 bits per heavy atom. The highest BCUT2D eigenvalue weighted by Gasteiger charge is 2.28. The van der Waals surface area contributed by atoms with Crippen molar-refractivity contribution in [3.8, 4) is 0 Å². The molecule has 1 atom stereocenters. The molecule has 2 rings (SSSR count). The second-order valence-electron chi connectivity index (χ2n) is 4.03. The third kappa shape index (κ3) is 2.15. The lowest BCUT2D eigenvalue weighted by Crippen LogP contribution is -2.32. The highest BCUT2D eigenvalue weighted by Crippen LogP contribution is 2.38. The normalized spacial score (nSPS) is 19.2. The Labute approximate surface area is 89.8 Å². The fourth-order valence-electron chi connectivity index (χ4n) is 1.95. The maximum absolute atomic E-state index is 4.17. The van der Waals surface area contributed by atoms with Gasteiger partial charge < -0.3 is 5.32 Å². The van der Waals surface area contributed by atoms with Gasteiger partial charge in [-0.3, -0.25) is 4.98 Å². The summed E-state index contributed by atoms with van der Waals surface area (Å²) in [6, 6.07) is 0.580. The predicted octanol–water partition coefficient (Wildman–Crippen LogP) is 2.98. The first-order chi connectivity index (χ1) is 6.92. The first kappa shape index (κ1) is 10.1. The Hall–Kier alpha value is -0.410. The van der Waals surface area contributed by atoms with Crippen LogP contribution in [0.15, 0.2) is 11.7 Å². The lowest BCUT2D eigenvalue weighted by atomic mass is 9.79. The summed E-state index contributed by atoms with van der Waals surface area (Å²) in [5.74, 6) is 0.863. The minimum atomic E-state index is 0.580. The molecule has 0 aromatic carbocycles. The lowest BCUT2D eigenvalue weighted by molar-refractivity contribution is 0.233. The molecule has 1 N–H and O–H groups in total. The summed E-state index contributed by atoms with van der Waals surface area (Å²) in [5.41, 5.74) is 1.94. The first-order valence-corrected chi connectivity index (χ1v) is 6.41. The number of nitrogens with zero attached hydrogens (tertiary/aromatic N) is 1. The van der Waals surface area contributed by atoms with E-state index in [0.717, 1.165) is 12.5 Å². The van der Waals surface area contributed by atoms with Crippen molar-refractivity contribution >= 4 is 11.3 Å². The molecule has 0 spiro atoms. The van der Waals surface area contributed by atoms with Gasteiger partial charge in [0.25, 0.3) is 0 Å². The highest BCUT2D eigenvalue weighted by atomic mass is 32.1. The summed E-state index contributed by atoms with van der Waals surface area (Å²) < 4.78 is 0. The van der Waals surface area contributed by atoms with Crippen molar-refractivity contribution < 1.29 is 0 Å². The van der Waals surface area contributed by atoms with Gasteiger partial charge in [-0.1, -0.05) is 13.3 Å². The van der Waals surface area contributed by atoms with Crippen molar-refractivity contribution in [2.45, 2.75) is 38.6 Å². The Kier molecular flexibility index (Phi) is 3.54. The maximum Gasteiger partial charge on any atom is 0.0794 e. The molecule has 1 unspecified atom stereocenters. The molecular formula is C11H18N2S. The van der Waals surface area contributed by atoms with Crippen LogP contribution in [0.2, 0.25) is 0 Å². The number of nitrogens with one attached hydrogen (secondary N) is 1. The molecular weight excluding hydrogens is 192 g/mol. The summed E-state index contributed by atoms with van der Waals surface area (Å²) in [6.45, 7) is 3.34. The molecule has 0 bridgehead atoms. The van der Waals surface area contributed by atoms with Gasteiger partial charge in [0.05, 0.1) is 5.51 Å². The van der Waals surface area contributed by atoms with Crippen molar-refractivity contribution in [1.82, 2.24) is 10.3 Å². The van der Waals surface area contributed by atoms with E-state index in [0.29, 0.717) is 6.04 Å². The van der Waals surface area contributed by atoms with Crippen molar-refractivity contribution in [3.05, 3.63) is 16.6 Å². The van der Waals surface area contributed by atoms with Crippen LogP contribution in [-0.4, -0.2) is 11.5 Å². The Morgan fingerprint density at radius 3 is 3.00 bits per heavy atom. The molecule has 1 saturated carbocycles. The molecule has 1 aromatic heterocycles. The van der Waals surface area contributed by atoms with Crippen LogP contribution < -0.4 is 5.32 Å². The van der Waals surface area contributed by atoms with E-state index in [2.05, 4.69) is 17.2 Å². The van der Waals surface area contributed by atoms with E-state index in [-0.39, 0.29) is 0 Å². The van der Waals surface area contributed by atoms with E-state index in [1.54, 1.807) is 11.3 Å². The minimum absolute atomic E-state index is 0.580. The molecule has 3 heteroatoms. The summed E-state index contributed by atoms with van der Waals surface area (Å²) >= 11 is 1.79. The smallest absolute Gasteiger partial charge is 0.0794 e. The standard InChI is InChI=1S/C11H18N2S/c1-2-6-13-11(9-4-3-5-9)10-7-12-8-14-10/h7-9,11,13H,2-6H2,1H3. The van der Waals surface area contributed by atoms with E-state index >= 15 is 0 Å². The van der Waals surface area contributed by atoms with Gasteiger partial charge in [-0.2, -0.15) is 0 Å². The van der Waals surface area contributed by atoms with Gasteiger partial charge in [0.15, 0.2) is 0 Å². The first-order valence-electron chi connectivity index (χ1n) is 5.53. The lowest BCUT2D eigenvalue weighted by Gasteiger charge is -2.33. The molecule has 1 aliphatic carbocycles. The third-order valence-electron chi connectivity index (χ3n) is 2.99. The molecule has 1 aliphatic rings. The molecule has 78 valence electrons. The quantitative estimate of drug-likeness (QED) is 0.808. The SMILES string of the molecule is CCCNC(c1cncs1)C1CCC1. The van der Waals surface area contributed by atoms with Gasteiger partial charge in [-0.25, -0.2) is 0 Å². The number of hydrogen-bond donors (Lipinski definition) is 1. The van der Waals surface area contributed by atoms with Gasteiger partial charge in [-0.05, 0) is 31.7 Å². The zero-order valence-electron chi connectivity index (χ0n) is 8.70. The molecule has 1 heterocycles. The Balaban J connectivity index is 1.98. The minimum Gasteiger partial charge on any atom is -0.309 e. The molecule has 0 radical (unpaired) electrons. The van der Waals surface area contributed by atoms with Crippen molar-refractivity contribution in [3.63, 3.8) is 0 Å². The summed E-state index contributed by atoms with van der Waals surface area (Å²) in [5, 5.41) is 3.64. The summed E-state index contributed by atoms with van der Waals surface area (Å²) in [6.07, 6.45) is 7.42. The van der Waals surface area contributed by atoms with Crippen LogP contribution in [0.1, 0.15) is 43.5 Å². The van der Waals surface area contributed by atoms with Crippen LogP contribution in [0.25, 0.3) is 0 Å². The predicted molar refractivity (Wildman–Crippen MR) is 60.5 cm³/mol. The van der Waals surface area contributed by atoms with Gasteiger partial charge >= 0.3 is 0 Å². The number of aromatic nitrogens is 1. The average Bonchev–Trinajstić information content (AvgIpc) is 2.61.